The molecular formula is C5H5O4. The summed E-state index contributed by atoms with van der Waals surface area (Å²) in [6.07, 6.45) is 0.656. The number of carboxylic acids is 1. The normalized spacial score (nSPS) is 8.00. The zero-order chi connectivity index (χ0) is 7.28. The van der Waals surface area contributed by atoms with Crippen LogP contribution in [-0.2, 0) is 14.3 Å². The summed E-state index contributed by atoms with van der Waals surface area (Å²) < 4.78 is 4.03. The van der Waals surface area contributed by atoms with Gasteiger partial charge in [0.2, 0.25) is 0 Å². The fourth-order valence-electron chi connectivity index (χ4n) is 0.181. The standard InChI is InChI=1S/C5H5O4/c1-2-5(8)9-3-4(6)7/h1-2H,3H2,(H,6,7). The summed E-state index contributed by atoms with van der Waals surface area (Å²) in [4.78, 5) is 19.7. The summed E-state index contributed by atoms with van der Waals surface area (Å²) in [5.41, 5.74) is 0. The van der Waals surface area contributed by atoms with E-state index in [0.29, 0.717) is 6.08 Å². The average molecular weight is 129 g/mol. The Morgan fingerprint density at radius 1 is 1.67 bits per heavy atom. The molecule has 1 radical (unpaired) electrons. The summed E-state index contributed by atoms with van der Waals surface area (Å²) in [5, 5.41) is 7.93. The Morgan fingerprint density at radius 2 is 2.22 bits per heavy atom. The third-order valence-corrected chi connectivity index (χ3v) is 0.474. The molecule has 0 aliphatic heterocycles. The number of hydrogen-bond acceptors (Lipinski definition) is 3. The van der Waals surface area contributed by atoms with Gasteiger partial charge in [-0.1, -0.05) is 6.58 Å². The van der Waals surface area contributed by atoms with Gasteiger partial charge < -0.3 is 9.84 Å². The molecule has 0 bridgehead atoms. The van der Waals surface area contributed by atoms with E-state index in [9.17, 15) is 9.59 Å². The molecule has 0 saturated heterocycles. The molecule has 0 atom stereocenters. The maximum Gasteiger partial charge on any atom is 0.341 e. The predicted octanol–water partition coefficient (Wildman–Crippen LogP) is -0.397. The van der Waals surface area contributed by atoms with Crippen molar-refractivity contribution in [1.29, 1.82) is 0 Å². The SMILES string of the molecule is [CH]=CC(=O)OCC(=O)O. The lowest BCUT2D eigenvalue weighted by molar-refractivity contribution is -0.151. The van der Waals surface area contributed by atoms with E-state index in [1.54, 1.807) is 0 Å². The van der Waals surface area contributed by atoms with Crippen molar-refractivity contribution in [2.75, 3.05) is 6.61 Å². The van der Waals surface area contributed by atoms with Gasteiger partial charge >= 0.3 is 11.9 Å². The Morgan fingerprint density at radius 3 is 2.56 bits per heavy atom. The number of esters is 1. The average Bonchev–Trinajstić information content (AvgIpc) is 1.83. The molecule has 0 aromatic rings. The van der Waals surface area contributed by atoms with Gasteiger partial charge in [-0.05, 0) is 0 Å². The van der Waals surface area contributed by atoms with Crippen molar-refractivity contribution in [3.05, 3.63) is 12.7 Å². The van der Waals surface area contributed by atoms with Gasteiger partial charge in [0.15, 0.2) is 6.61 Å². The third kappa shape index (κ3) is 4.53. The van der Waals surface area contributed by atoms with Crippen LogP contribution in [0.25, 0.3) is 0 Å². The number of ether oxygens (including phenoxy) is 1. The van der Waals surface area contributed by atoms with E-state index in [1.165, 1.54) is 0 Å². The Balaban J connectivity index is 3.39. The highest BCUT2D eigenvalue weighted by molar-refractivity contribution is 5.82. The summed E-state index contributed by atoms with van der Waals surface area (Å²) in [6, 6.07) is 0. The molecule has 0 saturated carbocycles. The first-order valence-electron chi connectivity index (χ1n) is 2.10. The number of aliphatic carboxylic acids is 1. The molecule has 0 aromatic carbocycles. The van der Waals surface area contributed by atoms with Crippen molar-refractivity contribution < 1.29 is 19.4 Å². The fraction of sp³-hybridized carbons (Fsp3) is 0.200. The van der Waals surface area contributed by atoms with Crippen molar-refractivity contribution in [2.45, 2.75) is 0 Å². The lowest BCUT2D eigenvalue weighted by Gasteiger charge is -1.93. The molecule has 1 N–H and O–H groups in total. The van der Waals surface area contributed by atoms with Gasteiger partial charge in [0.05, 0.1) is 0 Å². The van der Waals surface area contributed by atoms with Crippen molar-refractivity contribution in [2.24, 2.45) is 0 Å². The van der Waals surface area contributed by atoms with E-state index in [4.69, 9.17) is 5.11 Å². The summed E-state index contributed by atoms with van der Waals surface area (Å²) >= 11 is 0. The number of rotatable bonds is 3. The Hall–Kier alpha value is -1.32. The van der Waals surface area contributed by atoms with Crippen LogP contribution in [-0.4, -0.2) is 23.7 Å². The Bertz CT molecular complexity index is 138. The van der Waals surface area contributed by atoms with Crippen molar-refractivity contribution >= 4 is 11.9 Å². The molecule has 0 fully saturated rings. The molecule has 0 unspecified atom stereocenters. The van der Waals surface area contributed by atoms with Gasteiger partial charge in [0.25, 0.3) is 0 Å². The lowest BCUT2D eigenvalue weighted by Crippen LogP contribution is -2.10. The van der Waals surface area contributed by atoms with Crippen LogP contribution in [0, 0.1) is 6.58 Å². The molecule has 4 heteroatoms. The second-order valence-corrected chi connectivity index (χ2v) is 1.17. The topological polar surface area (TPSA) is 63.6 Å². The second-order valence-electron chi connectivity index (χ2n) is 1.17. The van der Waals surface area contributed by atoms with Crippen molar-refractivity contribution in [1.82, 2.24) is 0 Å². The molecule has 0 aromatic heterocycles. The summed E-state index contributed by atoms with van der Waals surface area (Å²) in [5.74, 6) is -2.04. The van der Waals surface area contributed by atoms with Crippen molar-refractivity contribution in [3.63, 3.8) is 0 Å². The van der Waals surface area contributed by atoms with Crippen LogP contribution < -0.4 is 0 Å². The molecule has 0 aliphatic carbocycles. The molecule has 0 heterocycles. The van der Waals surface area contributed by atoms with Crippen LogP contribution in [0.1, 0.15) is 0 Å². The predicted molar refractivity (Wildman–Crippen MR) is 27.5 cm³/mol. The minimum atomic E-state index is -1.20. The summed E-state index contributed by atoms with van der Waals surface area (Å²) in [6.45, 7) is 4.02. The molecule has 9 heavy (non-hydrogen) atoms. The smallest absolute Gasteiger partial charge is 0.341 e. The Labute approximate surface area is 51.7 Å². The number of carboxylic acid groups (broad SMARTS) is 1. The van der Waals surface area contributed by atoms with E-state index in [-0.39, 0.29) is 0 Å². The monoisotopic (exact) mass is 129 g/mol. The largest absolute Gasteiger partial charge is 0.479 e. The van der Waals surface area contributed by atoms with Crippen LogP contribution >= 0.6 is 0 Å². The fourth-order valence-corrected chi connectivity index (χ4v) is 0.181. The molecular weight excluding hydrogens is 124 g/mol. The summed E-state index contributed by atoms with van der Waals surface area (Å²) in [7, 11) is 0. The minimum Gasteiger partial charge on any atom is -0.479 e. The molecule has 0 amide bonds. The molecule has 0 spiro atoms. The number of carbonyl (C=O) groups is 2. The lowest BCUT2D eigenvalue weighted by atomic mass is 10.6. The molecule has 0 rings (SSSR count). The number of hydrogen-bond donors (Lipinski definition) is 1. The van der Waals surface area contributed by atoms with E-state index in [2.05, 4.69) is 11.3 Å². The van der Waals surface area contributed by atoms with Gasteiger partial charge in [-0.2, -0.15) is 0 Å². The first-order valence-corrected chi connectivity index (χ1v) is 2.10. The minimum absolute atomic E-state index is 0.646. The van der Waals surface area contributed by atoms with Gasteiger partial charge in [-0.25, -0.2) is 9.59 Å². The zero-order valence-electron chi connectivity index (χ0n) is 4.53. The zero-order valence-corrected chi connectivity index (χ0v) is 4.53. The van der Waals surface area contributed by atoms with Gasteiger partial charge in [0, 0.05) is 6.08 Å². The van der Waals surface area contributed by atoms with Crippen molar-refractivity contribution in [3.8, 4) is 0 Å². The Kier molecular flexibility index (Phi) is 3.12. The highest BCUT2D eigenvalue weighted by Crippen LogP contribution is 1.76. The van der Waals surface area contributed by atoms with Crippen LogP contribution in [0.3, 0.4) is 0 Å². The van der Waals surface area contributed by atoms with Crippen LogP contribution in [0.5, 0.6) is 0 Å². The highest BCUT2D eigenvalue weighted by atomic mass is 16.5. The van der Waals surface area contributed by atoms with Gasteiger partial charge in [-0.15, -0.1) is 0 Å². The molecule has 4 nitrogen and oxygen atoms in total. The van der Waals surface area contributed by atoms with Crippen LogP contribution in [0.2, 0.25) is 0 Å². The van der Waals surface area contributed by atoms with E-state index < -0.39 is 18.5 Å². The maximum absolute atomic E-state index is 10.1. The first-order chi connectivity index (χ1) is 4.16. The highest BCUT2D eigenvalue weighted by Gasteiger charge is 1.99. The maximum atomic E-state index is 10.1. The number of carbonyl (C=O) groups excluding carboxylic acids is 1. The molecule has 0 aliphatic rings. The quantitative estimate of drug-likeness (QED) is 0.416. The van der Waals surface area contributed by atoms with Crippen LogP contribution in [0.15, 0.2) is 6.08 Å². The second kappa shape index (κ2) is 3.65. The third-order valence-electron chi connectivity index (χ3n) is 0.474. The van der Waals surface area contributed by atoms with Crippen LogP contribution in [0.4, 0.5) is 0 Å². The first kappa shape index (κ1) is 7.68. The van der Waals surface area contributed by atoms with E-state index in [1.807, 2.05) is 0 Å². The van der Waals surface area contributed by atoms with E-state index >= 15 is 0 Å². The van der Waals surface area contributed by atoms with Gasteiger partial charge in [0.1, 0.15) is 0 Å². The molecule has 49 valence electrons. The van der Waals surface area contributed by atoms with Gasteiger partial charge in [-0.3, -0.25) is 0 Å². The van der Waals surface area contributed by atoms with E-state index in [0.717, 1.165) is 0 Å².